The summed E-state index contributed by atoms with van der Waals surface area (Å²) in [6.07, 6.45) is 4.92. The molecule has 32 heavy (non-hydrogen) atoms. The second kappa shape index (κ2) is 8.50. The highest BCUT2D eigenvalue weighted by molar-refractivity contribution is 7.89. The lowest BCUT2D eigenvalue weighted by molar-refractivity contribution is 0.307. The van der Waals surface area contributed by atoms with Gasteiger partial charge in [-0.15, -0.1) is 0 Å². The van der Waals surface area contributed by atoms with E-state index in [0.717, 1.165) is 46.7 Å². The predicted octanol–water partition coefficient (Wildman–Crippen LogP) is 4.53. The number of H-pyrrole nitrogens is 1. The Morgan fingerprint density at radius 3 is 2.69 bits per heavy atom. The number of aromatic amines is 1. The molecule has 0 spiro atoms. The fourth-order valence-electron chi connectivity index (χ4n) is 4.27. The van der Waals surface area contributed by atoms with Crippen LogP contribution in [0.1, 0.15) is 12.0 Å². The van der Waals surface area contributed by atoms with Gasteiger partial charge < -0.3 is 4.98 Å². The lowest BCUT2D eigenvalue weighted by Crippen LogP contribution is -2.37. The van der Waals surface area contributed by atoms with Crippen molar-refractivity contribution < 1.29 is 12.8 Å². The summed E-state index contributed by atoms with van der Waals surface area (Å²) in [4.78, 5) is 5.69. The Bertz CT molecular complexity index is 1430. The Labute approximate surface area is 186 Å². The number of sulfonamides is 1. The van der Waals surface area contributed by atoms with Crippen LogP contribution in [0.25, 0.3) is 27.2 Å². The highest BCUT2D eigenvalue weighted by atomic mass is 32.2. The van der Waals surface area contributed by atoms with Crippen LogP contribution in [-0.4, -0.2) is 44.5 Å². The van der Waals surface area contributed by atoms with E-state index in [1.54, 1.807) is 24.3 Å². The smallest absolute Gasteiger partial charge is 0.240 e. The molecule has 0 aliphatic carbocycles. The van der Waals surface area contributed by atoms with Crippen LogP contribution in [0.3, 0.4) is 0 Å². The van der Waals surface area contributed by atoms with Crippen LogP contribution < -0.4 is 4.72 Å². The SMILES string of the molecule is O=S(=O)(NCCN1CC=C(c2c[nH]c3ccc(F)cc23)CC1)c1ccc2ccccc2c1. The molecule has 0 saturated carbocycles. The monoisotopic (exact) mass is 449 g/mol. The van der Waals surface area contributed by atoms with Crippen molar-refractivity contribution in [1.29, 1.82) is 0 Å². The van der Waals surface area contributed by atoms with E-state index >= 15 is 0 Å². The molecule has 2 N–H and O–H groups in total. The zero-order valence-electron chi connectivity index (χ0n) is 17.5. The first-order valence-electron chi connectivity index (χ1n) is 10.7. The lowest BCUT2D eigenvalue weighted by atomic mass is 9.99. The van der Waals surface area contributed by atoms with Crippen molar-refractivity contribution in [2.45, 2.75) is 11.3 Å². The minimum absolute atomic E-state index is 0.241. The average Bonchev–Trinajstić information content (AvgIpc) is 3.22. The number of nitrogens with one attached hydrogen (secondary N) is 2. The van der Waals surface area contributed by atoms with Gasteiger partial charge in [0.05, 0.1) is 4.90 Å². The minimum atomic E-state index is -3.56. The number of hydrogen-bond acceptors (Lipinski definition) is 3. The first kappa shape index (κ1) is 20.9. The normalized spacial score (nSPS) is 15.3. The molecule has 0 atom stereocenters. The summed E-state index contributed by atoms with van der Waals surface area (Å²) < 4.78 is 41.8. The number of hydrogen-bond donors (Lipinski definition) is 2. The summed E-state index contributed by atoms with van der Waals surface area (Å²) in [5.41, 5.74) is 3.15. The van der Waals surface area contributed by atoms with Gasteiger partial charge in [0.15, 0.2) is 0 Å². The standard InChI is InChI=1S/C25H24FN3O2S/c26-21-6-8-25-23(16-21)24(17-27-25)19-9-12-29(13-10-19)14-11-28-32(30,31)22-7-5-18-3-1-2-4-20(18)15-22/h1-9,15-17,27-28H,10-14H2. The van der Waals surface area contributed by atoms with Gasteiger partial charge in [-0.25, -0.2) is 17.5 Å². The second-order valence-corrected chi connectivity index (χ2v) is 9.85. The van der Waals surface area contributed by atoms with Crippen LogP contribution in [0.2, 0.25) is 0 Å². The molecule has 1 aliphatic rings. The Morgan fingerprint density at radius 2 is 1.88 bits per heavy atom. The molecule has 2 heterocycles. The molecule has 0 amide bonds. The van der Waals surface area contributed by atoms with Crippen LogP contribution >= 0.6 is 0 Å². The quantitative estimate of drug-likeness (QED) is 0.455. The Morgan fingerprint density at radius 1 is 1.03 bits per heavy atom. The van der Waals surface area contributed by atoms with Gasteiger partial charge in [0, 0.05) is 48.8 Å². The molecule has 1 aliphatic heterocycles. The summed E-state index contributed by atoms with van der Waals surface area (Å²) in [6.45, 7) is 2.52. The molecule has 4 aromatic rings. The molecule has 0 saturated heterocycles. The number of benzene rings is 3. The minimum Gasteiger partial charge on any atom is -0.361 e. The predicted molar refractivity (Wildman–Crippen MR) is 126 cm³/mol. The van der Waals surface area contributed by atoms with Crippen molar-refractivity contribution in [1.82, 2.24) is 14.6 Å². The summed E-state index contributed by atoms with van der Waals surface area (Å²) in [7, 11) is -3.56. The molecule has 3 aromatic carbocycles. The molecule has 7 heteroatoms. The zero-order chi connectivity index (χ0) is 22.1. The fraction of sp³-hybridized carbons (Fsp3) is 0.200. The number of nitrogens with zero attached hydrogens (tertiary/aromatic N) is 1. The Hall–Kier alpha value is -3.00. The van der Waals surface area contributed by atoms with Crippen molar-refractivity contribution in [3.63, 3.8) is 0 Å². The average molecular weight is 450 g/mol. The van der Waals surface area contributed by atoms with E-state index in [2.05, 4.69) is 20.7 Å². The van der Waals surface area contributed by atoms with Crippen LogP contribution in [0.15, 0.2) is 77.8 Å². The first-order valence-corrected chi connectivity index (χ1v) is 12.1. The van der Waals surface area contributed by atoms with E-state index in [-0.39, 0.29) is 10.7 Å². The van der Waals surface area contributed by atoms with Crippen molar-refractivity contribution in [2.24, 2.45) is 0 Å². The molecule has 0 unspecified atom stereocenters. The van der Waals surface area contributed by atoms with E-state index < -0.39 is 10.0 Å². The van der Waals surface area contributed by atoms with E-state index in [9.17, 15) is 12.8 Å². The molecule has 0 radical (unpaired) electrons. The molecule has 0 fully saturated rings. The second-order valence-electron chi connectivity index (χ2n) is 8.08. The molecule has 1 aromatic heterocycles. The number of rotatable bonds is 6. The summed E-state index contributed by atoms with van der Waals surface area (Å²) in [5.74, 6) is -0.241. The van der Waals surface area contributed by atoms with Gasteiger partial charge in [0.1, 0.15) is 5.82 Å². The lowest BCUT2D eigenvalue weighted by Gasteiger charge is -2.26. The van der Waals surface area contributed by atoms with Crippen molar-refractivity contribution >= 4 is 37.3 Å². The number of aromatic nitrogens is 1. The summed E-state index contributed by atoms with van der Waals surface area (Å²) in [5, 5.41) is 2.81. The van der Waals surface area contributed by atoms with Gasteiger partial charge in [-0.05, 0) is 53.1 Å². The molecular weight excluding hydrogens is 425 g/mol. The van der Waals surface area contributed by atoms with E-state index in [1.165, 1.54) is 11.6 Å². The maximum Gasteiger partial charge on any atom is 0.240 e. The highest BCUT2D eigenvalue weighted by Gasteiger charge is 2.18. The number of halogens is 1. The third-order valence-electron chi connectivity index (χ3n) is 6.03. The van der Waals surface area contributed by atoms with Crippen molar-refractivity contribution in [3.8, 4) is 0 Å². The van der Waals surface area contributed by atoms with E-state index in [1.807, 2.05) is 36.5 Å². The molecule has 5 rings (SSSR count). The van der Waals surface area contributed by atoms with Crippen molar-refractivity contribution in [3.05, 3.63) is 84.3 Å². The van der Waals surface area contributed by atoms with Gasteiger partial charge >= 0.3 is 0 Å². The Balaban J connectivity index is 1.20. The summed E-state index contributed by atoms with van der Waals surface area (Å²) in [6, 6.07) is 17.7. The van der Waals surface area contributed by atoms with Gasteiger partial charge in [-0.1, -0.05) is 36.4 Å². The topological polar surface area (TPSA) is 65.2 Å². The van der Waals surface area contributed by atoms with Gasteiger partial charge in [-0.3, -0.25) is 4.90 Å². The van der Waals surface area contributed by atoms with Crippen LogP contribution in [0.5, 0.6) is 0 Å². The zero-order valence-corrected chi connectivity index (χ0v) is 18.3. The maximum atomic E-state index is 13.7. The Kier molecular flexibility index (Phi) is 5.55. The molecule has 5 nitrogen and oxygen atoms in total. The molecule has 164 valence electrons. The summed E-state index contributed by atoms with van der Waals surface area (Å²) >= 11 is 0. The maximum absolute atomic E-state index is 13.7. The fourth-order valence-corrected chi connectivity index (χ4v) is 5.33. The highest BCUT2D eigenvalue weighted by Crippen LogP contribution is 2.29. The van der Waals surface area contributed by atoms with Crippen LogP contribution in [0.4, 0.5) is 4.39 Å². The van der Waals surface area contributed by atoms with Gasteiger partial charge in [-0.2, -0.15) is 0 Å². The molecule has 0 bridgehead atoms. The van der Waals surface area contributed by atoms with Crippen LogP contribution in [-0.2, 0) is 10.0 Å². The van der Waals surface area contributed by atoms with Gasteiger partial charge in [0.25, 0.3) is 0 Å². The largest absolute Gasteiger partial charge is 0.361 e. The van der Waals surface area contributed by atoms with E-state index in [0.29, 0.717) is 13.1 Å². The third kappa shape index (κ3) is 4.19. The molecular formula is C25H24FN3O2S. The third-order valence-corrected chi connectivity index (χ3v) is 7.49. The first-order chi connectivity index (χ1) is 15.5. The van der Waals surface area contributed by atoms with Crippen molar-refractivity contribution in [2.75, 3.05) is 26.2 Å². The van der Waals surface area contributed by atoms with Gasteiger partial charge in [0.2, 0.25) is 10.0 Å². The van der Waals surface area contributed by atoms with E-state index in [4.69, 9.17) is 0 Å². The number of fused-ring (bicyclic) bond motifs is 2. The van der Waals surface area contributed by atoms with Crippen LogP contribution in [0, 0.1) is 5.82 Å².